The van der Waals surface area contributed by atoms with Crippen LogP contribution in [0.4, 0.5) is 0 Å². The van der Waals surface area contributed by atoms with Crippen LogP contribution in [0.1, 0.15) is 18.5 Å². The fraction of sp³-hybridized carbons (Fsp3) is 0.615. The molecule has 0 aromatic carbocycles. The zero-order valence-electron chi connectivity index (χ0n) is 11.3. The van der Waals surface area contributed by atoms with Gasteiger partial charge in [-0.05, 0) is 45.1 Å². The lowest BCUT2D eigenvalue weighted by atomic mass is 9.75. The molecular formula is C13H19N3O2S. The highest BCUT2D eigenvalue weighted by atomic mass is 32.2. The van der Waals surface area contributed by atoms with Crippen molar-refractivity contribution in [3.8, 4) is 0 Å². The molecule has 0 aliphatic carbocycles. The molecule has 6 heteroatoms. The van der Waals surface area contributed by atoms with Crippen LogP contribution in [0.3, 0.4) is 0 Å². The van der Waals surface area contributed by atoms with Crippen LogP contribution in [0.2, 0.25) is 0 Å². The molecule has 1 spiro atoms. The molecule has 3 heterocycles. The summed E-state index contributed by atoms with van der Waals surface area (Å²) in [5.41, 5.74) is 0.671. The summed E-state index contributed by atoms with van der Waals surface area (Å²) in [5, 5.41) is 0. The van der Waals surface area contributed by atoms with Crippen LogP contribution in [0, 0.1) is 0 Å². The molecule has 0 N–H and O–H groups in total. The van der Waals surface area contributed by atoms with E-state index in [0.717, 1.165) is 31.6 Å². The van der Waals surface area contributed by atoms with Crippen molar-refractivity contribution in [1.82, 2.24) is 14.2 Å². The van der Waals surface area contributed by atoms with Crippen molar-refractivity contribution in [3.05, 3.63) is 24.0 Å². The number of hydrogen-bond acceptors (Lipinski definition) is 4. The van der Waals surface area contributed by atoms with Gasteiger partial charge in [-0.25, -0.2) is 8.42 Å². The van der Waals surface area contributed by atoms with Gasteiger partial charge in [0, 0.05) is 25.2 Å². The molecule has 19 heavy (non-hydrogen) atoms. The molecule has 0 amide bonds. The summed E-state index contributed by atoms with van der Waals surface area (Å²) in [6.45, 7) is 2.53. The Bertz CT molecular complexity index is 592. The fourth-order valence-corrected chi connectivity index (χ4v) is 4.71. The summed E-state index contributed by atoms with van der Waals surface area (Å²) in [5.74, 6) is 0. The summed E-state index contributed by atoms with van der Waals surface area (Å²) >= 11 is 0. The average molecular weight is 281 g/mol. The van der Waals surface area contributed by atoms with E-state index in [1.54, 1.807) is 25.4 Å². The molecule has 1 aromatic heterocycles. The second-order valence-electron chi connectivity index (χ2n) is 5.69. The predicted octanol–water partition coefficient (Wildman–Crippen LogP) is 0.679. The third-order valence-electron chi connectivity index (χ3n) is 4.43. The van der Waals surface area contributed by atoms with Crippen molar-refractivity contribution in [1.29, 1.82) is 0 Å². The first-order chi connectivity index (χ1) is 8.96. The molecule has 3 rings (SSSR count). The fourth-order valence-electron chi connectivity index (χ4n) is 3.19. The third-order valence-corrected chi connectivity index (χ3v) is 6.27. The van der Waals surface area contributed by atoms with E-state index in [1.807, 2.05) is 0 Å². The summed E-state index contributed by atoms with van der Waals surface area (Å²) in [6.07, 6.45) is 3.64. The van der Waals surface area contributed by atoms with E-state index in [0.29, 0.717) is 11.4 Å². The number of piperidine rings is 1. The van der Waals surface area contributed by atoms with E-state index in [2.05, 4.69) is 16.9 Å². The molecule has 104 valence electrons. The molecule has 1 saturated heterocycles. The third kappa shape index (κ3) is 1.89. The molecule has 5 nitrogen and oxygen atoms in total. The SMILES string of the molecule is CN1CCC2(CC1)CN(C)S(=O)(=O)c1cccnc12. The van der Waals surface area contributed by atoms with Crippen LogP contribution >= 0.6 is 0 Å². The van der Waals surface area contributed by atoms with Gasteiger partial charge in [-0.3, -0.25) is 4.98 Å². The minimum Gasteiger partial charge on any atom is -0.306 e. The number of likely N-dealkylation sites (N-methyl/N-ethyl adjacent to an activating group) is 1. The van der Waals surface area contributed by atoms with Crippen molar-refractivity contribution < 1.29 is 8.42 Å². The Morgan fingerprint density at radius 2 is 1.95 bits per heavy atom. The van der Waals surface area contributed by atoms with E-state index in [1.165, 1.54) is 4.31 Å². The summed E-state index contributed by atoms with van der Waals surface area (Å²) in [7, 11) is 0.426. The van der Waals surface area contributed by atoms with Gasteiger partial charge in [-0.1, -0.05) is 0 Å². The normalized spacial score (nSPS) is 26.2. The lowest BCUT2D eigenvalue weighted by Crippen LogP contribution is -2.52. The number of hydrogen-bond donors (Lipinski definition) is 0. The summed E-state index contributed by atoms with van der Waals surface area (Å²) in [6, 6.07) is 3.39. The van der Waals surface area contributed by atoms with Crippen LogP contribution in [0.25, 0.3) is 0 Å². The van der Waals surface area contributed by atoms with Gasteiger partial charge in [0.1, 0.15) is 4.90 Å². The van der Waals surface area contributed by atoms with E-state index in [4.69, 9.17) is 0 Å². The summed E-state index contributed by atoms with van der Waals surface area (Å²) in [4.78, 5) is 7.11. The Kier molecular flexibility index (Phi) is 2.92. The van der Waals surface area contributed by atoms with E-state index < -0.39 is 10.0 Å². The van der Waals surface area contributed by atoms with Crippen LogP contribution in [-0.4, -0.2) is 56.3 Å². The Morgan fingerprint density at radius 1 is 1.26 bits per heavy atom. The number of nitrogens with zero attached hydrogens (tertiary/aromatic N) is 3. The van der Waals surface area contributed by atoms with E-state index in [9.17, 15) is 8.42 Å². The monoisotopic (exact) mass is 281 g/mol. The zero-order chi connectivity index (χ0) is 13.7. The molecular weight excluding hydrogens is 262 g/mol. The number of sulfonamides is 1. The average Bonchev–Trinajstić information content (AvgIpc) is 2.40. The van der Waals surface area contributed by atoms with Gasteiger partial charge < -0.3 is 4.90 Å². The van der Waals surface area contributed by atoms with Gasteiger partial charge in [-0.2, -0.15) is 4.31 Å². The molecule has 1 aromatic rings. The molecule has 0 saturated carbocycles. The molecule has 0 unspecified atom stereocenters. The topological polar surface area (TPSA) is 53.5 Å². The Balaban J connectivity index is 2.14. The molecule has 1 fully saturated rings. The molecule has 0 atom stereocenters. The number of pyridine rings is 1. The maximum Gasteiger partial charge on any atom is 0.244 e. The predicted molar refractivity (Wildman–Crippen MR) is 72.5 cm³/mol. The van der Waals surface area contributed by atoms with Crippen LogP contribution in [-0.2, 0) is 15.4 Å². The standard InChI is InChI=1S/C13H19N3O2S/c1-15-8-5-13(6-9-15)10-16(2)19(17,18)11-4-3-7-14-12(11)13/h3-4,7H,5-6,8-10H2,1-2H3. The first kappa shape index (κ1) is 13.0. The lowest BCUT2D eigenvalue weighted by Gasteiger charge is -2.45. The largest absolute Gasteiger partial charge is 0.306 e. The maximum absolute atomic E-state index is 12.4. The first-order valence-electron chi connectivity index (χ1n) is 6.56. The van der Waals surface area contributed by atoms with Crippen LogP contribution in [0.5, 0.6) is 0 Å². The molecule has 2 aliphatic rings. The number of likely N-dealkylation sites (tertiary alicyclic amines) is 1. The minimum atomic E-state index is -3.35. The van der Waals surface area contributed by atoms with Crippen LogP contribution < -0.4 is 0 Å². The maximum atomic E-state index is 12.4. The Morgan fingerprint density at radius 3 is 2.63 bits per heavy atom. The van der Waals surface area contributed by atoms with Gasteiger partial charge >= 0.3 is 0 Å². The van der Waals surface area contributed by atoms with Crippen molar-refractivity contribution >= 4 is 10.0 Å². The Hall–Kier alpha value is -0.980. The lowest BCUT2D eigenvalue weighted by molar-refractivity contribution is 0.156. The van der Waals surface area contributed by atoms with E-state index >= 15 is 0 Å². The minimum absolute atomic E-state index is 0.108. The number of aromatic nitrogens is 1. The smallest absolute Gasteiger partial charge is 0.244 e. The van der Waals surface area contributed by atoms with Gasteiger partial charge in [0.2, 0.25) is 10.0 Å². The molecule has 0 bridgehead atoms. The number of rotatable bonds is 0. The second-order valence-corrected chi connectivity index (χ2v) is 7.71. The van der Waals surface area contributed by atoms with Crippen LogP contribution in [0.15, 0.2) is 23.2 Å². The summed E-state index contributed by atoms with van der Waals surface area (Å²) < 4.78 is 26.2. The van der Waals surface area contributed by atoms with Gasteiger partial charge in [0.15, 0.2) is 0 Å². The highest BCUT2D eigenvalue weighted by Crippen LogP contribution is 2.42. The van der Waals surface area contributed by atoms with Crippen molar-refractivity contribution in [3.63, 3.8) is 0 Å². The Labute approximate surface area is 114 Å². The number of fused-ring (bicyclic) bond motifs is 2. The van der Waals surface area contributed by atoms with E-state index in [-0.39, 0.29) is 5.41 Å². The van der Waals surface area contributed by atoms with Crippen molar-refractivity contribution in [2.24, 2.45) is 0 Å². The van der Waals surface area contributed by atoms with Crippen molar-refractivity contribution in [2.45, 2.75) is 23.2 Å². The first-order valence-corrected chi connectivity index (χ1v) is 8.00. The zero-order valence-corrected chi connectivity index (χ0v) is 12.2. The second kappa shape index (κ2) is 4.26. The molecule has 0 radical (unpaired) electrons. The molecule has 2 aliphatic heterocycles. The van der Waals surface area contributed by atoms with Gasteiger partial charge in [0.05, 0.1) is 5.69 Å². The van der Waals surface area contributed by atoms with Crippen molar-refractivity contribution in [2.75, 3.05) is 33.7 Å². The van der Waals surface area contributed by atoms with Gasteiger partial charge in [0.25, 0.3) is 0 Å². The quantitative estimate of drug-likeness (QED) is 0.702. The highest BCUT2D eigenvalue weighted by molar-refractivity contribution is 7.89. The highest BCUT2D eigenvalue weighted by Gasteiger charge is 2.47. The van der Waals surface area contributed by atoms with Gasteiger partial charge in [-0.15, -0.1) is 0 Å².